The van der Waals surface area contributed by atoms with E-state index < -0.39 is 0 Å². The summed E-state index contributed by atoms with van der Waals surface area (Å²) < 4.78 is 0. The van der Waals surface area contributed by atoms with Crippen LogP contribution in [0.15, 0.2) is 12.7 Å². The van der Waals surface area contributed by atoms with Gasteiger partial charge in [0, 0.05) is 5.71 Å². The van der Waals surface area contributed by atoms with Gasteiger partial charge in [0.1, 0.15) is 0 Å². The van der Waals surface area contributed by atoms with E-state index in [1.54, 1.807) is 6.08 Å². The summed E-state index contributed by atoms with van der Waals surface area (Å²) in [6.07, 6.45) is 2.45. The summed E-state index contributed by atoms with van der Waals surface area (Å²) >= 11 is 0. The van der Waals surface area contributed by atoms with Gasteiger partial charge in [0.15, 0.2) is 0 Å². The molecule has 0 fully saturated rings. The van der Waals surface area contributed by atoms with Crippen LogP contribution in [-0.2, 0) is 0 Å². The second-order valence-corrected chi connectivity index (χ2v) is 2.33. The molecule has 1 heteroatoms. The Morgan fingerprint density at radius 1 is 1.75 bits per heavy atom. The van der Waals surface area contributed by atoms with E-state index in [0.29, 0.717) is 11.6 Å². The summed E-state index contributed by atoms with van der Waals surface area (Å²) in [5.74, 6) is 0.584. The summed E-state index contributed by atoms with van der Waals surface area (Å²) in [7, 11) is 0. The first-order chi connectivity index (χ1) is 3.66. The minimum atomic E-state index is 0.584. The molecule has 0 aromatic heterocycles. The first-order valence-corrected chi connectivity index (χ1v) is 2.86. The molecule has 1 N–H and O–H groups in total. The van der Waals surface area contributed by atoms with E-state index in [2.05, 4.69) is 20.4 Å². The Morgan fingerprint density at radius 3 is 2.38 bits per heavy atom. The van der Waals surface area contributed by atoms with Crippen LogP contribution in [0.5, 0.6) is 0 Å². The molecule has 0 spiro atoms. The lowest BCUT2D eigenvalue weighted by molar-refractivity contribution is 0.683. The topological polar surface area (TPSA) is 23.9 Å². The highest BCUT2D eigenvalue weighted by atomic mass is 14.4. The fourth-order valence-corrected chi connectivity index (χ4v) is 0.523. The second-order valence-electron chi connectivity index (χ2n) is 2.33. The predicted octanol–water partition coefficient (Wildman–Crippen LogP) is 2.24. The van der Waals surface area contributed by atoms with E-state index in [-0.39, 0.29) is 0 Å². The zero-order valence-electron chi connectivity index (χ0n) is 5.57. The molecule has 46 valence electrons. The lowest BCUT2D eigenvalue weighted by Gasteiger charge is -1.99. The summed E-state index contributed by atoms with van der Waals surface area (Å²) in [4.78, 5) is 0. The molecule has 0 aliphatic rings. The van der Waals surface area contributed by atoms with Gasteiger partial charge in [-0.05, 0) is 18.4 Å². The van der Waals surface area contributed by atoms with Crippen LogP contribution in [-0.4, -0.2) is 5.71 Å². The fraction of sp³-hybridized carbons (Fsp3) is 0.571. The molecule has 8 heavy (non-hydrogen) atoms. The monoisotopic (exact) mass is 111 g/mol. The molecule has 0 rings (SSSR count). The van der Waals surface area contributed by atoms with E-state index in [0.717, 1.165) is 6.42 Å². The van der Waals surface area contributed by atoms with E-state index in [1.807, 2.05) is 0 Å². The van der Waals surface area contributed by atoms with Crippen LogP contribution in [0.2, 0.25) is 0 Å². The molecule has 0 saturated carbocycles. The zero-order chi connectivity index (χ0) is 6.57. The van der Waals surface area contributed by atoms with Crippen molar-refractivity contribution in [3.63, 3.8) is 0 Å². The van der Waals surface area contributed by atoms with Crippen LogP contribution >= 0.6 is 0 Å². The summed E-state index contributed by atoms with van der Waals surface area (Å²) in [5.41, 5.74) is 0.639. The Labute approximate surface area is 50.9 Å². The van der Waals surface area contributed by atoms with Gasteiger partial charge in [-0.2, -0.15) is 0 Å². The van der Waals surface area contributed by atoms with Crippen molar-refractivity contribution in [3.05, 3.63) is 12.7 Å². The highest BCUT2D eigenvalue weighted by molar-refractivity contribution is 5.91. The molecule has 0 atom stereocenters. The third-order valence-corrected chi connectivity index (χ3v) is 0.875. The fourth-order valence-electron chi connectivity index (χ4n) is 0.523. The van der Waals surface area contributed by atoms with Gasteiger partial charge in [-0.3, -0.25) is 0 Å². The molecule has 0 bridgehead atoms. The Bertz CT molecular complexity index is 92.6. The maximum Gasteiger partial charge on any atom is 0.0310 e. The molecular weight excluding hydrogens is 98.1 g/mol. The largest absolute Gasteiger partial charge is 0.305 e. The minimum Gasteiger partial charge on any atom is -0.305 e. The van der Waals surface area contributed by atoms with Crippen molar-refractivity contribution in [1.82, 2.24) is 0 Å². The number of rotatable bonds is 3. The summed E-state index contributed by atoms with van der Waals surface area (Å²) in [6, 6.07) is 0. The number of nitrogens with one attached hydrogen (secondary N) is 1. The quantitative estimate of drug-likeness (QED) is 0.540. The Hall–Kier alpha value is -0.590. The van der Waals surface area contributed by atoms with Crippen LogP contribution < -0.4 is 0 Å². The van der Waals surface area contributed by atoms with Crippen molar-refractivity contribution < 1.29 is 0 Å². The SMILES string of the molecule is C=CC(=N)CC(C)C. The van der Waals surface area contributed by atoms with Crippen LogP contribution in [0.1, 0.15) is 20.3 Å². The molecule has 1 nitrogen and oxygen atoms in total. The smallest absolute Gasteiger partial charge is 0.0310 e. The Kier molecular flexibility index (Phi) is 3.16. The van der Waals surface area contributed by atoms with Gasteiger partial charge >= 0.3 is 0 Å². The molecule has 0 saturated heterocycles. The number of allylic oxidation sites excluding steroid dienone is 1. The maximum atomic E-state index is 7.15. The highest BCUT2D eigenvalue weighted by Gasteiger charge is 1.93. The Morgan fingerprint density at radius 2 is 2.25 bits per heavy atom. The summed E-state index contributed by atoms with van der Waals surface area (Å²) in [5, 5.41) is 7.15. The van der Waals surface area contributed by atoms with Crippen molar-refractivity contribution >= 4 is 5.71 Å². The first kappa shape index (κ1) is 7.41. The highest BCUT2D eigenvalue weighted by Crippen LogP contribution is 1.99. The average Bonchev–Trinajstić information content (AvgIpc) is 1.65. The minimum absolute atomic E-state index is 0.584. The van der Waals surface area contributed by atoms with Crippen LogP contribution in [0.25, 0.3) is 0 Å². The van der Waals surface area contributed by atoms with Crippen molar-refractivity contribution in [2.45, 2.75) is 20.3 Å². The van der Waals surface area contributed by atoms with Gasteiger partial charge in [0.05, 0.1) is 0 Å². The Balaban J connectivity index is 3.39. The van der Waals surface area contributed by atoms with E-state index >= 15 is 0 Å². The molecule has 0 heterocycles. The van der Waals surface area contributed by atoms with Crippen LogP contribution in [0.4, 0.5) is 0 Å². The zero-order valence-corrected chi connectivity index (χ0v) is 5.57. The lowest BCUT2D eigenvalue weighted by Crippen LogP contribution is -1.96. The third kappa shape index (κ3) is 3.59. The third-order valence-electron chi connectivity index (χ3n) is 0.875. The van der Waals surface area contributed by atoms with E-state index in [9.17, 15) is 0 Å². The maximum absolute atomic E-state index is 7.15. The molecule has 0 aliphatic carbocycles. The molecule has 0 aromatic carbocycles. The molecule has 0 amide bonds. The predicted molar refractivity (Wildman–Crippen MR) is 37.4 cm³/mol. The van der Waals surface area contributed by atoms with E-state index in [1.165, 1.54) is 0 Å². The lowest BCUT2D eigenvalue weighted by atomic mass is 10.1. The van der Waals surface area contributed by atoms with Gasteiger partial charge in [0.2, 0.25) is 0 Å². The van der Waals surface area contributed by atoms with Crippen molar-refractivity contribution in [3.8, 4) is 0 Å². The van der Waals surface area contributed by atoms with Gasteiger partial charge < -0.3 is 5.41 Å². The van der Waals surface area contributed by atoms with Gasteiger partial charge in [-0.15, -0.1) is 0 Å². The van der Waals surface area contributed by atoms with Gasteiger partial charge in [-0.1, -0.05) is 20.4 Å². The molecular formula is C7H13N. The van der Waals surface area contributed by atoms with Crippen molar-refractivity contribution in [2.24, 2.45) is 5.92 Å². The van der Waals surface area contributed by atoms with Gasteiger partial charge in [0.25, 0.3) is 0 Å². The number of hydrogen-bond acceptors (Lipinski definition) is 1. The summed E-state index contributed by atoms with van der Waals surface area (Å²) in [6.45, 7) is 7.68. The van der Waals surface area contributed by atoms with Gasteiger partial charge in [-0.25, -0.2) is 0 Å². The standard InChI is InChI=1S/C7H13N/c1-4-7(8)5-6(2)3/h4,6,8H,1,5H2,2-3H3. The molecule has 0 aromatic rings. The van der Waals surface area contributed by atoms with Crippen LogP contribution in [0.3, 0.4) is 0 Å². The molecule has 0 unspecified atom stereocenters. The second kappa shape index (κ2) is 3.42. The molecule has 0 radical (unpaired) electrons. The van der Waals surface area contributed by atoms with Crippen molar-refractivity contribution in [2.75, 3.05) is 0 Å². The van der Waals surface area contributed by atoms with E-state index in [4.69, 9.17) is 5.41 Å². The first-order valence-electron chi connectivity index (χ1n) is 2.86. The normalized spacial score (nSPS) is 9.38. The average molecular weight is 111 g/mol. The van der Waals surface area contributed by atoms with Crippen molar-refractivity contribution in [1.29, 1.82) is 5.41 Å². The molecule has 0 aliphatic heterocycles. The number of hydrogen-bond donors (Lipinski definition) is 1. The van der Waals surface area contributed by atoms with Crippen LogP contribution in [0, 0.1) is 11.3 Å².